The molecule has 2 aromatic rings. The maximum absolute atomic E-state index is 12.8. The number of nitrogens with one attached hydrogen (secondary N) is 1. The van der Waals surface area contributed by atoms with Crippen LogP contribution in [-0.4, -0.2) is 44.8 Å². The number of anilines is 1. The molecule has 3 rings (SSSR count). The zero-order chi connectivity index (χ0) is 19.4. The molecule has 2 amide bonds. The molecule has 1 fully saturated rings. The van der Waals surface area contributed by atoms with Gasteiger partial charge in [-0.3, -0.25) is 0 Å². The van der Waals surface area contributed by atoms with Gasteiger partial charge in [-0.1, -0.05) is 23.7 Å². The van der Waals surface area contributed by atoms with Crippen molar-refractivity contribution in [2.24, 2.45) is 0 Å². The van der Waals surface area contributed by atoms with E-state index in [1.807, 2.05) is 0 Å². The quantitative estimate of drug-likeness (QED) is 0.834. The van der Waals surface area contributed by atoms with Crippen LogP contribution in [0.2, 0.25) is 5.02 Å². The van der Waals surface area contributed by atoms with E-state index in [9.17, 15) is 13.2 Å². The van der Waals surface area contributed by atoms with Crippen molar-refractivity contribution in [3.05, 3.63) is 53.6 Å². The van der Waals surface area contributed by atoms with E-state index >= 15 is 0 Å². The highest BCUT2D eigenvalue weighted by Crippen LogP contribution is 2.27. The van der Waals surface area contributed by atoms with Gasteiger partial charge in [-0.2, -0.15) is 0 Å². The Hall–Kier alpha value is -2.25. The molecule has 1 heterocycles. The van der Waals surface area contributed by atoms with Crippen molar-refractivity contribution < 1.29 is 17.9 Å². The zero-order valence-electron chi connectivity index (χ0n) is 14.9. The lowest BCUT2D eigenvalue weighted by molar-refractivity contribution is 0.200. The molecule has 0 aromatic heterocycles. The zero-order valence-corrected chi connectivity index (χ0v) is 16.5. The number of para-hydroxylation sites is 1. The summed E-state index contributed by atoms with van der Waals surface area (Å²) in [5.41, 5.74) is 0.539. The lowest BCUT2D eigenvalue weighted by Gasteiger charge is -2.31. The highest BCUT2D eigenvalue weighted by molar-refractivity contribution is 7.92. The summed E-state index contributed by atoms with van der Waals surface area (Å²) < 4.78 is 30.7. The van der Waals surface area contributed by atoms with E-state index < -0.39 is 15.1 Å². The maximum Gasteiger partial charge on any atom is 0.321 e. The van der Waals surface area contributed by atoms with Crippen molar-refractivity contribution in [2.75, 3.05) is 25.5 Å². The third-order valence-electron chi connectivity index (χ3n) is 4.67. The third kappa shape index (κ3) is 4.36. The Kier molecular flexibility index (Phi) is 5.92. The predicted octanol–water partition coefficient (Wildman–Crippen LogP) is 3.82. The van der Waals surface area contributed by atoms with Gasteiger partial charge < -0.3 is 15.0 Å². The Morgan fingerprint density at radius 1 is 1.11 bits per heavy atom. The van der Waals surface area contributed by atoms with E-state index in [-0.39, 0.29) is 10.9 Å². The SMILES string of the molecule is COc1ccc(S(=O)(=O)C2CCN(C(=O)Nc3ccccc3Cl)CC2)cc1. The van der Waals surface area contributed by atoms with E-state index in [1.165, 1.54) is 7.11 Å². The van der Waals surface area contributed by atoms with Crippen LogP contribution in [0.4, 0.5) is 10.5 Å². The molecule has 0 unspecified atom stereocenters. The van der Waals surface area contributed by atoms with Gasteiger partial charge in [-0.25, -0.2) is 13.2 Å². The fraction of sp³-hybridized carbons (Fsp3) is 0.316. The number of hydrogen-bond acceptors (Lipinski definition) is 4. The molecule has 0 aliphatic carbocycles. The van der Waals surface area contributed by atoms with Crippen molar-refractivity contribution in [3.8, 4) is 5.75 Å². The third-order valence-corrected chi connectivity index (χ3v) is 7.28. The number of piperidine rings is 1. The van der Waals surface area contributed by atoms with E-state index in [4.69, 9.17) is 16.3 Å². The van der Waals surface area contributed by atoms with Crippen LogP contribution in [0.1, 0.15) is 12.8 Å². The number of sulfone groups is 1. The first-order valence-electron chi connectivity index (χ1n) is 8.60. The number of ether oxygens (including phenoxy) is 1. The van der Waals surface area contributed by atoms with Crippen molar-refractivity contribution in [2.45, 2.75) is 23.0 Å². The van der Waals surface area contributed by atoms with Gasteiger partial charge in [0.15, 0.2) is 9.84 Å². The Balaban J connectivity index is 1.62. The molecule has 0 saturated carbocycles. The summed E-state index contributed by atoms with van der Waals surface area (Å²) in [7, 11) is -1.90. The second-order valence-corrected chi connectivity index (χ2v) is 8.95. The molecule has 0 radical (unpaired) electrons. The molecule has 1 saturated heterocycles. The summed E-state index contributed by atoms with van der Waals surface area (Å²) in [5, 5.41) is 2.73. The number of benzene rings is 2. The Morgan fingerprint density at radius 3 is 2.33 bits per heavy atom. The van der Waals surface area contributed by atoms with Crippen LogP contribution in [0, 0.1) is 0 Å². The first-order valence-corrected chi connectivity index (χ1v) is 10.5. The van der Waals surface area contributed by atoms with E-state index in [1.54, 1.807) is 53.4 Å². The Labute approximate surface area is 164 Å². The van der Waals surface area contributed by atoms with Gasteiger partial charge in [0.25, 0.3) is 0 Å². The van der Waals surface area contributed by atoms with Gasteiger partial charge in [0.05, 0.1) is 28.0 Å². The summed E-state index contributed by atoms with van der Waals surface area (Å²) in [4.78, 5) is 14.3. The summed E-state index contributed by atoms with van der Waals surface area (Å²) >= 11 is 6.06. The van der Waals surface area contributed by atoms with Crippen LogP contribution >= 0.6 is 11.6 Å². The average Bonchev–Trinajstić information content (AvgIpc) is 2.70. The van der Waals surface area contributed by atoms with Crippen molar-refractivity contribution in [1.82, 2.24) is 4.90 Å². The maximum atomic E-state index is 12.8. The minimum Gasteiger partial charge on any atom is -0.497 e. The molecule has 27 heavy (non-hydrogen) atoms. The minimum atomic E-state index is -3.44. The predicted molar refractivity (Wildman–Crippen MR) is 105 cm³/mol. The molecule has 1 aliphatic rings. The first-order chi connectivity index (χ1) is 12.9. The fourth-order valence-corrected chi connectivity index (χ4v) is 5.00. The van der Waals surface area contributed by atoms with Gasteiger partial charge in [0.1, 0.15) is 5.75 Å². The topological polar surface area (TPSA) is 75.7 Å². The van der Waals surface area contributed by atoms with Crippen molar-refractivity contribution in [1.29, 1.82) is 0 Å². The standard InChI is InChI=1S/C19H21ClN2O4S/c1-26-14-6-8-15(9-7-14)27(24,25)16-10-12-22(13-11-16)19(23)21-18-5-3-2-4-17(18)20/h2-9,16H,10-13H2,1H3,(H,21,23). The van der Waals surface area contributed by atoms with Crippen LogP contribution in [0.5, 0.6) is 5.75 Å². The van der Waals surface area contributed by atoms with E-state index in [0.717, 1.165) is 0 Å². The van der Waals surface area contributed by atoms with Crippen LogP contribution in [-0.2, 0) is 9.84 Å². The number of hydrogen-bond donors (Lipinski definition) is 1. The second kappa shape index (κ2) is 8.19. The van der Waals surface area contributed by atoms with Crippen LogP contribution < -0.4 is 10.1 Å². The summed E-state index contributed by atoms with van der Waals surface area (Å²) in [6.07, 6.45) is 0.786. The van der Waals surface area contributed by atoms with E-state index in [0.29, 0.717) is 42.4 Å². The second-order valence-electron chi connectivity index (χ2n) is 6.32. The summed E-state index contributed by atoms with van der Waals surface area (Å²) in [6.45, 7) is 0.743. The minimum absolute atomic E-state index is 0.275. The van der Waals surface area contributed by atoms with Crippen LogP contribution in [0.15, 0.2) is 53.4 Å². The molecular weight excluding hydrogens is 388 g/mol. The number of rotatable bonds is 4. The van der Waals surface area contributed by atoms with Gasteiger partial charge in [-0.15, -0.1) is 0 Å². The molecule has 6 nitrogen and oxygen atoms in total. The van der Waals surface area contributed by atoms with Crippen molar-refractivity contribution in [3.63, 3.8) is 0 Å². The monoisotopic (exact) mass is 408 g/mol. The van der Waals surface area contributed by atoms with E-state index in [2.05, 4.69) is 5.32 Å². The molecule has 2 aromatic carbocycles. The number of urea groups is 1. The Morgan fingerprint density at radius 2 is 1.74 bits per heavy atom. The molecule has 1 aliphatic heterocycles. The molecule has 0 spiro atoms. The van der Waals surface area contributed by atoms with Crippen molar-refractivity contribution >= 4 is 33.2 Å². The number of nitrogens with zero attached hydrogens (tertiary/aromatic N) is 1. The number of carbonyl (C=O) groups excluding carboxylic acids is 1. The molecule has 0 atom stereocenters. The highest BCUT2D eigenvalue weighted by atomic mass is 35.5. The number of likely N-dealkylation sites (tertiary alicyclic amines) is 1. The number of amides is 2. The molecule has 144 valence electrons. The lowest BCUT2D eigenvalue weighted by atomic mass is 10.1. The van der Waals surface area contributed by atoms with Gasteiger partial charge in [0.2, 0.25) is 0 Å². The fourth-order valence-electron chi connectivity index (χ4n) is 3.08. The normalized spacial score (nSPS) is 15.4. The summed E-state index contributed by atoms with van der Waals surface area (Å²) in [5.74, 6) is 0.611. The first kappa shape index (κ1) is 19.5. The largest absolute Gasteiger partial charge is 0.497 e. The van der Waals surface area contributed by atoms with Gasteiger partial charge in [0, 0.05) is 13.1 Å². The molecular formula is C19H21ClN2O4S. The molecule has 0 bridgehead atoms. The Bertz CT molecular complexity index is 908. The van der Waals surface area contributed by atoms with Gasteiger partial charge >= 0.3 is 6.03 Å². The smallest absolute Gasteiger partial charge is 0.321 e. The number of halogens is 1. The van der Waals surface area contributed by atoms with Crippen LogP contribution in [0.25, 0.3) is 0 Å². The van der Waals surface area contributed by atoms with Gasteiger partial charge in [-0.05, 0) is 49.2 Å². The molecule has 8 heteroatoms. The van der Waals surface area contributed by atoms with Crippen LogP contribution in [0.3, 0.4) is 0 Å². The lowest BCUT2D eigenvalue weighted by Crippen LogP contribution is -2.44. The summed E-state index contributed by atoms with van der Waals surface area (Å²) in [6, 6.07) is 13.1. The molecule has 1 N–H and O–H groups in total. The highest BCUT2D eigenvalue weighted by Gasteiger charge is 2.32. The number of carbonyl (C=O) groups is 1. The average molecular weight is 409 g/mol. The number of methoxy groups -OCH3 is 1.